The van der Waals surface area contributed by atoms with E-state index in [2.05, 4.69) is 23.1 Å². The average molecular weight is 334 g/mol. The molecule has 2 heterocycles. The molecule has 2 N–H and O–H groups in total. The molecule has 0 aliphatic carbocycles. The fourth-order valence-electron chi connectivity index (χ4n) is 3.54. The summed E-state index contributed by atoms with van der Waals surface area (Å²) < 4.78 is 5.26. The number of anilines is 1. The molecule has 0 spiro atoms. The molecule has 0 unspecified atom stereocenters. The van der Waals surface area contributed by atoms with Crippen LogP contribution in [0, 0.1) is 0 Å². The normalized spacial score (nSPS) is 26.8. The van der Waals surface area contributed by atoms with Crippen molar-refractivity contribution in [2.24, 2.45) is 0 Å². The predicted octanol–water partition coefficient (Wildman–Crippen LogP) is 0.408. The average Bonchev–Trinajstić information content (AvgIpc) is 2.61. The van der Waals surface area contributed by atoms with Crippen molar-refractivity contribution in [1.82, 2.24) is 4.90 Å². The lowest BCUT2D eigenvalue weighted by molar-refractivity contribution is -0.152. The molecule has 24 heavy (non-hydrogen) atoms. The Morgan fingerprint density at radius 3 is 2.96 bits per heavy atom. The molecule has 1 amide bonds. The van der Waals surface area contributed by atoms with E-state index in [1.54, 1.807) is 7.05 Å². The van der Waals surface area contributed by atoms with Crippen molar-refractivity contribution in [3.05, 3.63) is 29.8 Å². The summed E-state index contributed by atoms with van der Waals surface area (Å²) in [7, 11) is 1.67. The second-order valence-corrected chi connectivity index (χ2v) is 6.64. The van der Waals surface area contributed by atoms with Gasteiger partial charge in [-0.05, 0) is 24.5 Å². The van der Waals surface area contributed by atoms with E-state index < -0.39 is 18.2 Å². The number of aliphatic hydroxyl groups is 2. The van der Waals surface area contributed by atoms with Crippen LogP contribution in [0.4, 0.5) is 5.69 Å². The van der Waals surface area contributed by atoms with Gasteiger partial charge in [0.05, 0.1) is 19.3 Å². The summed E-state index contributed by atoms with van der Waals surface area (Å²) >= 11 is 0. The van der Waals surface area contributed by atoms with Crippen LogP contribution in [0.5, 0.6) is 0 Å². The largest absolute Gasteiger partial charge is 0.388 e. The van der Waals surface area contributed by atoms with Gasteiger partial charge in [0.2, 0.25) is 5.91 Å². The van der Waals surface area contributed by atoms with E-state index in [4.69, 9.17) is 4.74 Å². The molecule has 6 nitrogen and oxygen atoms in total. The molecule has 1 aromatic carbocycles. The molecule has 0 saturated carbocycles. The predicted molar refractivity (Wildman–Crippen MR) is 91.0 cm³/mol. The van der Waals surface area contributed by atoms with E-state index in [0.717, 1.165) is 19.4 Å². The lowest BCUT2D eigenvalue weighted by Crippen LogP contribution is -2.56. The molecule has 0 bridgehead atoms. The van der Waals surface area contributed by atoms with E-state index >= 15 is 0 Å². The number of ether oxygens (including phenoxy) is 1. The standard InChI is InChI=1S/C18H26N2O4/c1-19(15-11-24-12-16(21)18(15)23)17(22)8-10-20-9-4-6-13-5-2-3-7-14(13)20/h2-3,5,7,15-16,18,21,23H,4,6,8-12H2,1H3/t15-,16-,18+/m1/s1. The van der Waals surface area contributed by atoms with Gasteiger partial charge >= 0.3 is 0 Å². The van der Waals surface area contributed by atoms with Crippen LogP contribution in [0.3, 0.4) is 0 Å². The molecule has 0 radical (unpaired) electrons. The minimum atomic E-state index is -0.955. The number of amides is 1. The minimum absolute atomic E-state index is 0.0418. The van der Waals surface area contributed by atoms with Gasteiger partial charge in [-0.2, -0.15) is 0 Å². The van der Waals surface area contributed by atoms with Gasteiger partial charge in [0.15, 0.2) is 0 Å². The number of para-hydroxylation sites is 1. The number of rotatable bonds is 4. The van der Waals surface area contributed by atoms with E-state index in [0.29, 0.717) is 13.0 Å². The Labute approximate surface area is 142 Å². The highest BCUT2D eigenvalue weighted by Gasteiger charge is 2.35. The summed E-state index contributed by atoms with van der Waals surface area (Å²) in [6, 6.07) is 7.85. The molecule has 3 rings (SSSR count). The first kappa shape index (κ1) is 17.2. The number of benzene rings is 1. The van der Waals surface area contributed by atoms with Crippen molar-refractivity contribution in [3.8, 4) is 0 Å². The zero-order valence-corrected chi connectivity index (χ0v) is 14.1. The van der Waals surface area contributed by atoms with Gasteiger partial charge in [0, 0.05) is 32.2 Å². The molecule has 132 valence electrons. The lowest BCUT2D eigenvalue weighted by atomic mass is 10.0. The third-order valence-corrected chi connectivity index (χ3v) is 5.06. The summed E-state index contributed by atoms with van der Waals surface area (Å²) in [5.74, 6) is -0.0418. The van der Waals surface area contributed by atoms with Crippen LogP contribution in [0.1, 0.15) is 18.4 Å². The number of likely N-dealkylation sites (N-methyl/N-ethyl adjacent to an activating group) is 1. The van der Waals surface area contributed by atoms with Gasteiger partial charge in [0.25, 0.3) is 0 Å². The van der Waals surface area contributed by atoms with Crippen LogP contribution in [0.15, 0.2) is 24.3 Å². The molecule has 2 aliphatic heterocycles. The Morgan fingerprint density at radius 2 is 2.12 bits per heavy atom. The molecule has 0 aromatic heterocycles. The third-order valence-electron chi connectivity index (χ3n) is 5.06. The first-order valence-corrected chi connectivity index (χ1v) is 8.60. The molecule has 3 atom stereocenters. The molecular weight excluding hydrogens is 308 g/mol. The highest BCUT2D eigenvalue weighted by atomic mass is 16.5. The van der Waals surface area contributed by atoms with Crippen molar-refractivity contribution in [1.29, 1.82) is 0 Å². The molecule has 1 saturated heterocycles. The Bertz CT molecular complexity index is 580. The summed E-state index contributed by atoms with van der Waals surface area (Å²) in [5.41, 5.74) is 2.56. The highest BCUT2D eigenvalue weighted by molar-refractivity contribution is 5.77. The Balaban J connectivity index is 1.58. The summed E-state index contributed by atoms with van der Waals surface area (Å²) in [6.07, 6.45) is 0.674. The van der Waals surface area contributed by atoms with Gasteiger partial charge in [0.1, 0.15) is 12.2 Å². The first-order valence-electron chi connectivity index (χ1n) is 8.60. The van der Waals surface area contributed by atoms with Crippen molar-refractivity contribution in [2.75, 3.05) is 38.3 Å². The lowest BCUT2D eigenvalue weighted by Gasteiger charge is -2.38. The van der Waals surface area contributed by atoms with E-state index in [1.807, 2.05) is 6.07 Å². The van der Waals surface area contributed by atoms with E-state index in [-0.39, 0.29) is 19.1 Å². The van der Waals surface area contributed by atoms with E-state index in [9.17, 15) is 15.0 Å². The van der Waals surface area contributed by atoms with Crippen molar-refractivity contribution < 1.29 is 19.7 Å². The maximum Gasteiger partial charge on any atom is 0.224 e. The maximum atomic E-state index is 12.5. The number of aliphatic hydroxyl groups excluding tert-OH is 2. The van der Waals surface area contributed by atoms with Gasteiger partial charge in [-0.15, -0.1) is 0 Å². The zero-order chi connectivity index (χ0) is 17.1. The monoisotopic (exact) mass is 334 g/mol. The van der Waals surface area contributed by atoms with Crippen molar-refractivity contribution >= 4 is 11.6 Å². The minimum Gasteiger partial charge on any atom is -0.388 e. The number of hydrogen-bond donors (Lipinski definition) is 2. The van der Waals surface area contributed by atoms with Crippen molar-refractivity contribution in [3.63, 3.8) is 0 Å². The summed E-state index contributed by atoms with van der Waals surface area (Å²) in [4.78, 5) is 16.3. The number of carbonyl (C=O) groups excluding carboxylic acids is 1. The SMILES string of the molecule is CN(C(=O)CCN1CCCc2ccccc21)[C@@H]1COC[C@@H](O)[C@H]1O. The second-order valence-electron chi connectivity index (χ2n) is 6.64. The van der Waals surface area contributed by atoms with Gasteiger partial charge in [-0.3, -0.25) is 4.79 Å². The van der Waals surface area contributed by atoms with Crippen LogP contribution in [0.2, 0.25) is 0 Å². The summed E-state index contributed by atoms with van der Waals surface area (Å²) in [5, 5.41) is 19.8. The van der Waals surface area contributed by atoms with Crippen LogP contribution in [0.25, 0.3) is 0 Å². The number of aryl methyl sites for hydroxylation is 1. The molecule has 1 aromatic rings. The third kappa shape index (κ3) is 3.55. The van der Waals surface area contributed by atoms with Crippen LogP contribution in [-0.4, -0.2) is 72.6 Å². The van der Waals surface area contributed by atoms with E-state index in [1.165, 1.54) is 16.2 Å². The smallest absolute Gasteiger partial charge is 0.224 e. The van der Waals surface area contributed by atoms with Crippen LogP contribution >= 0.6 is 0 Å². The Kier molecular flexibility index (Phi) is 5.38. The molecule has 6 heteroatoms. The maximum absolute atomic E-state index is 12.5. The molecule has 1 fully saturated rings. The second kappa shape index (κ2) is 7.51. The number of nitrogens with zero attached hydrogens (tertiary/aromatic N) is 2. The fraction of sp³-hybridized carbons (Fsp3) is 0.611. The van der Waals surface area contributed by atoms with Gasteiger partial charge < -0.3 is 24.7 Å². The first-order chi connectivity index (χ1) is 11.6. The van der Waals surface area contributed by atoms with Crippen molar-refractivity contribution in [2.45, 2.75) is 37.5 Å². The highest BCUT2D eigenvalue weighted by Crippen LogP contribution is 2.26. The zero-order valence-electron chi connectivity index (χ0n) is 14.1. The van der Waals surface area contributed by atoms with Gasteiger partial charge in [-0.25, -0.2) is 0 Å². The quantitative estimate of drug-likeness (QED) is 0.834. The number of carbonyl (C=O) groups is 1. The molecular formula is C18H26N2O4. The van der Waals surface area contributed by atoms with Gasteiger partial charge in [-0.1, -0.05) is 18.2 Å². The topological polar surface area (TPSA) is 73.2 Å². The number of fused-ring (bicyclic) bond motifs is 1. The Hall–Kier alpha value is -1.63. The fourth-order valence-corrected chi connectivity index (χ4v) is 3.54. The summed E-state index contributed by atoms with van der Waals surface area (Å²) in [6.45, 7) is 1.99. The van der Waals surface area contributed by atoms with Crippen LogP contribution in [-0.2, 0) is 16.0 Å². The Morgan fingerprint density at radius 1 is 1.33 bits per heavy atom. The molecule has 2 aliphatic rings. The number of hydrogen-bond acceptors (Lipinski definition) is 5. The van der Waals surface area contributed by atoms with Crippen LogP contribution < -0.4 is 4.90 Å².